The van der Waals surface area contributed by atoms with E-state index >= 15 is 0 Å². The van der Waals surface area contributed by atoms with Crippen LogP contribution in [0.4, 0.5) is 0 Å². The summed E-state index contributed by atoms with van der Waals surface area (Å²) in [6, 6.07) is 8.12. The Balaban J connectivity index is 2.00. The Hall–Kier alpha value is -1.06. The van der Waals surface area contributed by atoms with Crippen molar-refractivity contribution in [1.82, 2.24) is 5.32 Å². The lowest BCUT2D eigenvalue weighted by molar-refractivity contribution is 0.113. The van der Waals surface area contributed by atoms with Crippen molar-refractivity contribution in [3.05, 3.63) is 29.8 Å². The third kappa shape index (κ3) is 2.25. The van der Waals surface area contributed by atoms with Gasteiger partial charge in [0.1, 0.15) is 5.75 Å². The molecule has 3 nitrogen and oxygen atoms in total. The summed E-state index contributed by atoms with van der Waals surface area (Å²) in [6.45, 7) is 1.62. The molecule has 3 heteroatoms. The topological polar surface area (TPSA) is 30.5 Å². The summed E-state index contributed by atoms with van der Waals surface area (Å²) in [4.78, 5) is 0. The van der Waals surface area contributed by atoms with Gasteiger partial charge in [-0.2, -0.15) is 0 Å². The number of nitrogens with one attached hydrogen (secondary N) is 1. The number of benzene rings is 1. The van der Waals surface area contributed by atoms with Crippen LogP contribution in [0.2, 0.25) is 0 Å². The van der Waals surface area contributed by atoms with Crippen LogP contribution in [0.3, 0.4) is 0 Å². The predicted octanol–water partition coefficient (Wildman–Crippen LogP) is 1.18. The molecule has 1 heterocycles. The maximum absolute atomic E-state index is 5.48. The van der Waals surface area contributed by atoms with Gasteiger partial charge in [-0.25, -0.2) is 0 Å². The van der Waals surface area contributed by atoms with E-state index in [1.54, 1.807) is 7.11 Å². The minimum atomic E-state index is 0.308. The lowest BCUT2D eigenvalue weighted by Crippen LogP contribution is -2.16. The molecule has 1 saturated heterocycles. The van der Waals surface area contributed by atoms with Crippen molar-refractivity contribution in [1.29, 1.82) is 0 Å². The minimum absolute atomic E-state index is 0.308. The van der Waals surface area contributed by atoms with E-state index < -0.39 is 0 Å². The van der Waals surface area contributed by atoms with E-state index in [0.717, 1.165) is 18.7 Å². The fraction of sp³-hybridized carbons (Fsp3) is 0.455. The van der Waals surface area contributed by atoms with Gasteiger partial charge in [-0.3, -0.25) is 5.32 Å². The van der Waals surface area contributed by atoms with Crippen LogP contribution in [0, 0.1) is 0 Å². The SMILES string of the molecule is COc1cccc(CC2CNCO2)c1. The normalized spacial score (nSPS) is 21.1. The highest BCUT2D eigenvalue weighted by molar-refractivity contribution is 5.28. The van der Waals surface area contributed by atoms with E-state index in [2.05, 4.69) is 17.4 Å². The molecule has 0 amide bonds. The fourth-order valence-corrected chi connectivity index (χ4v) is 1.65. The molecule has 0 aliphatic carbocycles. The molecule has 1 aromatic carbocycles. The van der Waals surface area contributed by atoms with Crippen molar-refractivity contribution in [3.63, 3.8) is 0 Å². The average Bonchev–Trinajstić information content (AvgIpc) is 2.71. The molecule has 2 rings (SSSR count). The average molecular weight is 193 g/mol. The molecule has 1 aliphatic heterocycles. The van der Waals surface area contributed by atoms with Gasteiger partial charge in [0.2, 0.25) is 0 Å². The summed E-state index contributed by atoms with van der Waals surface area (Å²) in [7, 11) is 1.69. The van der Waals surface area contributed by atoms with E-state index in [1.807, 2.05) is 12.1 Å². The molecule has 1 aromatic rings. The van der Waals surface area contributed by atoms with Gasteiger partial charge in [-0.15, -0.1) is 0 Å². The molecular weight excluding hydrogens is 178 g/mol. The number of hydrogen-bond acceptors (Lipinski definition) is 3. The number of methoxy groups -OCH3 is 1. The van der Waals surface area contributed by atoms with Crippen molar-refractivity contribution < 1.29 is 9.47 Å². The van der Waals surface area contributed by atoms with Crippen LogP contribution < -0.4 is 10.1 Å². The van der Waals surface area contributed by atoms with Gasteiger partial charge >= 0.3 is 0 Å². The molecule has 0 spiro atoms. The number of hydrogen-bond donors (Lipinski definition) is 1. The highest BCUT2D eigenvalue weighted by Gasteiger charge is 2.15. The summed E-state index contributed by atoms with van der Waals surface area (Å²) >= 11 is 0. The molecule has 14 heavy (non-hydrogen) atoms. The number of rotatable bonds is 3. The zero-order valence-electron chi connectivity index (χ0n) is 8.32. The molecule has 1 unspecified atom stereocenters. The number of ether oxygens (including phenoxy) is 2. The monoisotopic (exact) mass is 193 g/mol. The molecule has 0 bridgehead atoms. The first-order chi connectivity index (χ1) is 6.88. The fourth-order valence-electron chi connectivity index (χ4n) is 1.65. The Morgan fingerprint density at radius 2 is 2.50 bits per heavy atom. The van der Waals surface area contributed by atoms with Gasteiger partial charge in [0.25, 0.3) is 0 Å². The molecule has 0 saturated carbocycles. The first-order valence-electron chi connectivity index (χ1n) is 4.84. The summed E-state index contributed by atoms with van der Waals surface area (Å²) < 4.78 is 10.6. The molecule has 1 aliphatic rings. The van der Waals surface area contributed by atoms with Crippen LogP contribution in [0.15, 0.2) is 24.3 Å². The summed E-state index contributed by atoms with van der Waals surface area (Å²) in [6.07, 6.45) is 1.26. The van der Waals surface area contributed by atoms with Crippen LogP contribution in [-0.2, 0) is 11.2 Å². The van der Waals surface area contributed by atoms with Crippen molar-refractivity contribution in [2.45, 2.75) is 12.5 Å². The maximum Gasteiger partial charge on any atom is 0.119 e. The van der Waals surface area contributed by atoms with E-state index in [-0.39, 0.29) is 0 Å². The molecular formula is C11H15NO2. The van der Waals surface area contributed by atoms with Crippen molar-refractivity contribution in [3.8, 4) is 5.75 Å². The zero-order chi connectivity index (χ0) is 9.80. The molecule has 0 radical (unpaired) electrons. The zero-order valence-corrected chi connectivity index (χ0v) is 8.32. The van der Waals surface area contributed by atoms with Gasteiger partial charge in [0.15, 0.2) is 0 Å². The van der Waals surface area contributed by atoms with Crippen molar-refractivity contribution >= 4 is 0 Å². The maximum atomic E-state index is 5.48. The second-order valence-corrected chi connectivity index (χ2v) is 3.44. The van der Waals surface area contributed by atoms with E-state index in [1.165, 1.54) is 5.56 Å². The molecule has 1 N–H and O–H groups in total. The second-order valence-electron chi connectivity index (χ2n) is 3.44. The minimum Gasteiger partial charge on any atom is -0.497 e. The van der Waals surface area contributed by atoms with Gasteiger partial charge in [-0.1, -0.05) is 12.1 Å². The molecule has 0 aromatic heterocycles. The highest BCUT2D eigenvalue weighted by Crippen LogP contribution is 2.15. The van der Waals surface area contributed by atoms with Crippen LogP contribution >= 0.6 is 0 Å². The quantitative estimate of drug-likeness (QED) is 0.782. The Bertz CT molecular complexity index is 295. The third-order valence-electron chi connectivity index (χ3n) is 2.39. The Morgan fingerprint density at radius 1 is 1.57 bits per heavy atom. The van der Waals surface area contributed by atoms with Crippen LogP contribution in [0.25, 0.3) is 0 Å². The molecule has 1 atom stereocenters. The van der Waals surface area contributed by atoms with Crippen LogP contribution in [0.1, 0.15) is 5.56 Å². The van der Waals surface area contributed by atoms with Crippen LogP contribution in [0.5, 0.6) is 5.75 Å². The Labute approximate surface area is 84.0 Å². The lowest BCUT2D eigenvalue weighted by atomic mass is 10.1. The Morgan fingerprint density at radius 3 is 3.21 bits per heavy atom. The summed E-state index contributed by atoms with van der Waals surface area (Å²) in [5, 5.41) is 3.17. The van der Waals surface area contributed by atoms with Crippen molar-refractivity contribution in [2.75, 3.05) is 20.4 Å². The van der Waals surface area contributed by atoms with Gasteiger partial charge in [0.05, 0.1) is 19.9 Å². The highest BCUT2D eigenvalue weighted by atomic mass is 16.5. The second kappa shape index (κ2) is 4.44. The first-order valence-corrected chi connectivity index (χ1v) is 4.84. The van der Waals surface area contributed by atoms with Crippen molar-refractivity contribution in [2.24, 2.45) is 0 Å². The third-order valence-corrected chi connectivity index (χ3v) is 2.39. The summed E-state index contributed by atoms with van der Waals surface area (Å²) in [5.74, 6) is 0.911. The summed E-state index contributed by atoms with van der Waals surface area (Å²) in [5.41, 5.74) is 1.26. The lowest BCUT2D eigenvalue weighted by Gasteiger charge is -2.09. The van der Waals surface area contributed by atoms with E-state index in [9.17, 15) is 0 Å². The predicted molar refractivity (Wildman–Crippen MR) is 54.4 cm³/mol. The smallest absolute Gasteiger partial charge is 0.119 e. The van der Waals surface area contributed by atoms with Gasteiger partial charge in [-0.05, 0) is 17.7 Å². The molecule has 1 fully saturated rings. The standard InChI is InChI=1S/C11H15NO2/c1-13-10-4-2-3-9(5-10)6-11-7-12-8-14-11/h2-5,11-12H,6-8H2,1H3. The van der Waals surface area contributed by atoms with Gasteiger partial charge < -0.3 is 9.47 Å². The molecule has 76 valence electrons. The van der Waals surface area contributed by atoms with Gasteiger partial charge in [0, 0.05) is 13.0 Å². The van der Waals surface area contributed by atoms with Crippen LogP contribution in [-0.4, -0.2) is 26.5 Å². The Kier molecular flexibility index (Phi) is 3.01. The first kappa shape index (κ1) is 9.49. The van der Waals surface area contributed by atoms with E-state index in [0.29, 0.717) is 12.8 Å². The van der Waals surface area contributed by atoms with E-state index in [4.69, 9.17) is 9.47 Å². The largest absolute Gasteiger partial charge is 0.497 e.